The highest BCUT2D eigenvalue weighted by Crippen LogP contribution is 2.30. The molecule has 1 N–H and O–H groups in total. The number of hydrogen-bond donors (Lipinski definition) is 1. The van der Waals surface area contributed by atoms with E-state index in [0.717, 1.165) is 63.4 Å². The van der Waals surface area contributed by atoms with Crippen LogP contribution in [0.3, 0.4) is 0 Å². The molecule has 1 fully saturated rings. The Morgan fingerprint density at radius 3 is 2.72 bits per heavy atom. The Balaban J connectivity index is 1.45. The molecule has 5 nitrogen and oxygen atoms in total. The van der Waals surface area contributed by atoms with Crippen LogP contribution in [0.5, 0.6) is 0 Å². The highest BCUT2D eigenvalue weighted by atomic mass is 19.4. The third-order valence-corrected chi connectivity index (χ3v) is 5.39. The Labute approximate surface area is 168 Å². The summed E-state index contributed by atoms with van der Waals surface area (Å²) in [5.41, 5.74) is -0.332. The maximum Gasteiger partial charge on any atom is 0.416 e. The Hall–Kier alpha value is -2.35. The van der Waals surface area contributed by atoms with E-state index in [9.17, 15) is 18.0 Å². The van der Waals surface area contributed by atoms with Crippen LogP contribution in [-0.2, 0) is 24.1 Å². The Kier molecular flexibility index (Phi) is 6.95. The molecule has 0 unspecified atom stereocenters. The molecule has 1 aliphatic rings. The number of carbonyl (C=O) groups is 1. The molecule has 3 rings (SSSR count). The zero-order valence-electron chi connectivity index (χ0n) is 16.6. The summed E-state index contributed by atoms with van der Waals surface area (Å²) < 4.78 is 40.0. The van der Waals surface area contributed by atoms with Gasteiger partial charge in [0.25, 0.3) is 0 Å². The van der Waals surface area contributed by atoms with E-state index >= 15 is 0 Å². The SMILES string of the molecule is CCn1ccnc1CN1CCC[C@H](CCC(=O)Nc2ccc(C(F)(F)F)cc2)C1. The van der Waals surface area contributed by atoms with E-state index in [1.54, 1.807) is 0 Å². The molecule has 0 saturated carbocycles. The van der Waals surface area contributed by atoms with Gasteiger partial charge >= 0.3 is 6.18 Å². The van der Waals surface area contributed by atoms with Crippen molar-refractivity contribution >= 4 is 11.6 Å². The van der Waals surface area contributed by atoms with Gasteiger partial charge in [-0.25, -0.2) is 4.98 Å². The average Bonchev–Trinajstić information content (AvgIpc) is 3.13. The molecule has 1 saturated heterocycles. The number of aromatic nitrogens is 2. The Bertz CT molecular complexity index is 801. The molecule has 2 heterocycles. The van der Waals surface area contributed by atoms with Crippen LogP contribution in [0.15, 0.2) is 36.7 Å². The first-order chi connectivity index (χ1) is 13.8. The maximum atomic E-state index is 12.6. The van der Waals surface area contributed by atoms with Crippen LogP contribution >= 0.6 is 0 Å². The monoisotopic (exact) mass is 408 g/mol. The number of imidazole rings is 1. The van der Waals surface area contributed by atoms with Crippen molar-refractivity contribution in [3.8, 4) is 0 Å². The standard InChI is InChI=1S/C21H27F3N4O/c1-2-28-13-11-25-19(28)15-27-12-3-4-16(14-27)5-10-20(29)26-18-8-6-17(7-9-18)21(22,23)24/h6-9,11,13,16H,2-5,10,12,14-15H2,1H3,(H,26,29)/t16-/m1/s1. The van der Waals surface area contributed by atoms with Crippen LogP contribution in [0.25, 0.3) is 0 Å². The number of piperidine rings is 1. The molecule has 158 valence electrons. The van der Waals surface area contributed by atoms with Gasteiger partial charge in [0.2, 0.25) is 5.91 Å². The molecular weight excluding hydrogens is 381 g/mol. The molecule has 1 aromatic heterocycles. The van der Waals surface area contributed by atoms with Crippen molar-refractivity contribution in [3.63, 3.8) is 0 Å². The van der Waals surface area contributed by atoms with Crippen molar-refractivity contribution in [2.45, 2.75) is 51.9 Å². The van der Waals surface area contributed by atoms with Crippen LogP contribution in [0, 0.1) is 5.92 Å². The van der Waals surface area contributed by atoms with E-state index in [2.05, 4.69) is 26.7 Å². The minimum Gasteiger partial charge on any atom is -0.334 e. The largest absolute Gasteiger partial charge is 0.416 e. The van der Waals surface area contributed by atoms with Crippen molar-refractivity contribution in [1.29, 1.82) is 0 Å². The quantitative estimate of drug-likeness (QED) is 0.731. The number of likely N-dealkylation sites (tertiary alicyclic amines) is 1. The Morgan fingerprint density at radius 1 is 1.28 bits per heavy atom. The summed E-state index contributed by atoms with van der Waals surface area (Å²) in [6, 6.07) is 4.54. The number of benzene rings is 1. The topological polar surface area (TPSA) is 50.2 Å². The summed E-state index contributed by atoms with van der Waals surface area (Å²) in [5.74, 6) is 1.34. The Morgan fingerprint density at radius 2 is 2.03 bits per heavy atom. The smallest absolute Gasteiger partial charge is 0.334 e. The van der Waals surface area contributed by atoms with Gasteiger partial charge in [0.05, 0.1) is 12.1 Å². The number of nitrogens with one attached hydrogen (secondary N) is 1. The molecule has 1 amide bonds. The molecule has 8 heteroatoms. The van der Waals surface area contributed by atoms with Crippen LogP contribution < -0.4 is 5.32 Å². The first kappa shape index (κ1) is 21.4. The molecule has 0 aliphatic carbocycles. The number of rotatable bonds is 7. The zero-order valence-corrected chi connectivity index (χ0v) is 16.6. The number of amides is 1. The van der Waals surface area contributed by atoms with Crippen LogP contribution in [0.1, 0.15) is 44.0 Å². The second kappa shape index (κ2) is 9.43. The van der Waals surface area contributed by atoms with Gasteiger partial charge < -0.3 is 9.88 Å². The second-order valence-electron chi connectivity index (χ2n) is 7.53. The van der Waals surface area contributed by atoms with Crippen molar-refractivity contribution in [2.24, 2.45) is 5.92 Å². The summed E-state index contributed by atoms with van der Waals surface area (Å²) in [6.07, 6.45) is 2.76. The summed E-state index contributed by atoms with van der Waals surface area (Å²) in [4.78, 5) is 19.0. The molecule has 0 bridgehead atoms. The van der Waals surface area contributed by atoms with Gasteiger partial charge in [0, 0.05) is 37.6 Å². The van der Waals surface area contributed by atoms with Gasteiger partial charge in [-0.2, -0.15) is 13.2 Å². The fraction of sp³-hybridized carbons (Fsp3) is 0.524. The van der Waals surface area contributed by atoms with Crippen molar-refractivity contribution in [3.05, 3.63) is 48.0 Å². The second-order valence-corrected chi connectivity index (χ2v) is 7.53. The zero-order chi connectivity index (χ0) is 20.9. The van der Waals surface area contributed by atoms with E-state index in [4.69, 9.17) is 0 Å². The molecule has 0 spiro atoms. The first-order valence-electron chi connectivity index (χ1n) is 10.0. The van der Waals surface area contributed by atoms with E-state index in [1.165, 1.54) is 12.1 Å². The van der Waals surface area contributed by atoms with Crippen LogP contribution in [0.2, 0.25) is 0 Å². The average molecular weight is 408 g/mol. The summed E-state index contributed by atoms with van der Waals surface area (Å²) in [6.45, 7) is 5.78. The summed E-state index contributed by atoms with van der Waals surface area (Å²) >= 11 is 0. The fourth-order valence-electron chi connectivity index (χ4n) is 3.81. The maximum absolute atomic E-state index is 12.6. The highest BCUT2D eigenvalue weighted by molar-refractivity contribution is 5.90. The number of anilines is 1. The van der Waals surface area contributed by atoms with E-state index in [0.29, 0.717) is 18.0 Å². The van der Waals surface area contributed by atoms with Crippen LogP contribution in [-0.4, -0.2) is 33.4 Å². The van der Waals surface area contributed by atoms with Crippen molar-refractivity contribution < 1.29 is 18.0 Å². The fourth-order valence-corrected chi connectivity index (χ4v) is 3.81. The molecular formula is C21H27F3N4O. The molecule has 1 aliphatic heterocycles. The van der Waals surface area contributed by atoms with E-state index in [-0.39, 0.29) is 5.91 Å². The first-order valence-corrected chi connectivity index (χ1v) is 10.0. The van der Waals surface area contributed by atoms with E-state index < -0.39 is 11.7 Å². The molecule has 29 heavy (non-hydrogen) atoms. The third-order valence-electron chi connectivity index (χ3n) is 5.39. The van der Waals surface area contributed by atoms with Gasteiger partial charge in [-0.05, 0) is 62.9 Å². The summed E-state index contributed by atoms with van der Waals surface area (Å²) in [7, 11) is 0. The van der Waals surface area contributed by atoms with Gasteiger partial charge in [0.15, 0.2) is 0 Å². The van der Waals surface area contributed by atoms with Gasteiger partial charge in [0.1, 0.15) is 5.82 Å². The van der Waals surface area contributed by atoms with Gasteiger partial charge in [-0.15, -0.1) is 0 Å². The van der Waals surface area contributed by atoms with Crippen LogP contribution in [0.4, 0.5) is 18.9 Å². The highest BCUT2D eigenvalue weighted by Gasteiger charge is 2.30. The number of halogens is 3. The molecule has 1 atom stereocenters. The minimum atomic E-state index is -4.37. The lowest BCUT2D eigenvalue weighted by molar-refractivity contribution is -0.137. The van der Waals surface area contributed by atoms with E-state index in [1.807, 2.05) is 12.4 Å². The number of hydrogen-bond acceptors (Lipinski definition) is 3. The lowest BCUT2D eigenvalue weighted by Crippen LogP contribution is -2.36. The summed E-state index contributed by atoms with van der Waals surface area (Å²) in [5, 5.41) is 2.69. The predicted octanol–water partition coefficient (Wildman–Crippen LogP) is 4.55. The number of carbonyl (C=O) groups excluding carboxylic acids is 1. The molecule has 0 radical (unpaired) electrons. The lowest BCUT2D eigenvalue weighted by Gasteiger charge is -2.32. The molecule has 1 aromatic carbocycles. The van der Waals surface area contributed by atoms with Crippen molar-refractivity contribution in [2.75, 3.05) is 18.4 Å². The minimum absolute atomic E-state index is 0.164. The van der Waals surface area contributed by atoms with Gasteiger partial charge in [-0.3, -0.25) is 9.69 Å². The lowest BCUT2D eigenvalue weighted by atomic mass is 9.93. The third kappa shape index (κ3) is 6.06. The normalized spacial score (nSPS) is 18.0. The predicted molar refractivity (Wildman–Crippen MR) is 105 cm³/mol. The van der Waals surface area contributed by atoms with Gasteiger partial charge in [-0.1, -0.05) is 0 Å². The number of alkyl halides is 3. The number of nitrogens with zero attached hydrogens (tertiary/aromatic N) is 3. The molecule has 2 aromatic rings. The number of aryl methyl sites for hydroxylation is 1. The van der Waals surface area contributed by atoms with Crippen molar-refractivity contribution in [1.82, 2.24) is 14.5 Å².